The Morgan fingerprint density at radius 1 is 1.17 bits per heavy atom. The average molecular weight is 335 g/mol. The predicted molar refractivity (Wildman–Crippen MR) is 81.6 cm³/mol. The van der Waals surface area contributed by atoms with Crippen LogP contribution in [-0.2, 0) is 19.0 Å². The fraction of sp³-hybridized carbons (Fsp3) is 0.588. The molecule has 1 spiro atoms. The van der Waals surface area contributed by atoms with Crippen molar-refractivity contribution in [2.45, 2.75) is 49.7 Å². The molecule has 24 heavy (non-hydrogen) atoms. The second-order valence-electron chi connectivity index (χ2n) is 6.95. The number of nitrogens with zero attached hydrogens (tertiary/aromatic N) is 1. The molecule has 0 radical (unpaired) electrons. The van der Waals surface area contributed by atoms with Gasteiger partial charge in [-0.25, -0.2) is 0 Å². The molecule has 3 aliphatic heterocycles. The number of rotatable bonds is 1. The first-order valence-electron chi connectivity index (χ1n) is 8.06. The lowest BCUT2D eigenvalue weighted by Crippen LogP contribution is -2.75. The van der Waals surface area contributed by atoms with E-state index >= 15 is 0 Å². The summed E-state index contributed by atoms with van der Waals surface area (Å²) in [5, 5.41) is 20.7. The highest BCUT2D eigenvalue weighted by Gasteiger charge is 2.67. The van der Waals surface area contributed by atoms with Crippen molar-refractivity contribution in [2.24, 2.45) is 0 Å². The number of hydrogen-bond acceptors (Lipinski definition) is 6. The van der Waals surface area contributed by atoms with Gasteiger partial charge in [-0.15, -0.1) is 0 Å². The molecule has 130 valence electrons. The minimum Gasteiger partial charge on any atom is -0.387 e. The third kappa shape index (κ3) is 2.13. The summed E-state index contributed by atoms with van der Waals surface area (Å²) in [6.45, 7) is 3.77. The number of carbonyl (C=O) groups is 1. The molecule has 0 aliphatic carbocycles. The van der Waals surface area contributed by atoms with Crippen LogP contribution in [0.4, 0.5) is 0 Å². The number of hydrogen-bond donors (Lipinski definition) is 2. The Hall–Kier alpha value is -1.51. The van der Waals surface area contributed by atoms with Gasteiger partial charge in [-0.1, -0.05) is 30.3 Å². The van der Waals surface area contributed by atoms with Crippen molar-refractivity contribution >= 4 is 5.91 Å². The van der Waals surface area contributed by atoms with Crippen molar-refractivity contribution in [2.75, 3.05) is 13.2 Å². The smallest absolute Gasteiger partial charge is 0.257 e. The highest BCUT2D eigenvalue weighted by atomic mass is 16.7. The molecule has 0 bridgehead atoms. The van der Waals surface area contributed by atoms with Gasteiger partial charge in [0.1, 0.15) is 18.8 Å². The quantitative estimate of drug-likeness (QED) is 0.761. The molecule has 5 atom stereocenters. The standard InChI is InChI=1S/C17H21NO6/c1-16(2)23-9-17-14(24-16)12(19)13(20)15(21)18(17)11(8-22-17)10-6-4-3-5-7-10/h3-7,11-14,19-20H,8-9H2,1-2H3/t11-,12-,13+,14+,17-/m0/s1. The summed E-state index contributed by atoms with van der Waals surface area (Å²) in [5.74, 6) is -1.51. The van der Waals surface area contributed by atoms with Gasteiger partial charge in [0.25, 0.3) is 5.91 Å². The molecule has 3 aliphatic rings. The third-order valence-corrected chi connectivity index (χ3v) is 5.00. The van der Waals surface area contributed by atoms with E-state index in [0.717, 1.165) is 5.56 Å². The molecule has 0 aromatic heterocycles. The summed E-state index contributed by atoms with van der Waals surface area (Å²) in [6, 6.07) is 9.10. The van der Waals surface area contributed by atoms with Crippen LogP contribution in [-0.4, -0.2) is 64.1 Å². The third-order valence-electron chi connectivity index (χ3n) is 5.00. The van der Waals surface area contributed by atoms with Crippen molar-refractivity contribution < 1.29 is 29.2 Å². The summed E-state index contributed by atoms with van der Waals surface area (Å²) >= 11 is 0. The van der Waals surface area contributed by atoms with Gasteiger partial charge in [-0.05, 0) is 19.4 Å². The highest BCUT2D eigenvalue weighted by molar-refractivity contribution is 5.84. The van der Waals surface area contributed by atoms with Crippen LogP contribution in [0.5, 0.6) is 0 Å². The van der Waals surface area contributed by atoms with Gasteiger partial charge in [0.2, 0.25) is 0 Å². The number of piperidine rings is 1. The summed E-state index contributed by atoms with van der Waals surface area (Å²) in [5.41, 5.74) is -0.332. The first kappa shape index (κ1) is 16.0. The molecule has 1 aromatic rings. The number of carbonyl (C=O) groups excluding carboxylic acids is 1. The van der Waals surface area contributed by atoms with E-state index in [-0.39, 0.29) is 19.3 Å². The van der Waals surface area contributed by atoms with E-state index in [1.165, 1.54) is 4.90 Å². The zero-order valence-electron chi connectivity index (χ0n) is 13.6. The van der Waals surface area contributed by atoms with Crippen LogP contribution in [0.1, 0.15) is 25.5 Å². The van der Waals surface area contributed by atoms with Gasteiger partial charge in [-0.3, -0.25) is 9.69 Å². The summed E-state index contributed by atoms with van der Waals surface area (Å²) < 4.78 is 17.6. The van der Waals surface area contributed by atoms with Crippen LogP contribution < -0.4 is 0 Å². The van der Waals surface area contributed by atoms with Crippen molar-refractivity contribution in [1.29, 1.82) is 0 Å². The van der Waals surface area contributed by atoms with Crippen molar-refractivity contribution in [3.8, 4) is 0 Å². The minimum absolute atomic E-state index is 0.0729. The molecule has 3 fully saturated rings. The molecule has 4 rings (SSSR count). The Kier molecular flexibility index (Phi) is 3.49. The number of ether oxygens (including phenoxy) is 3. The zero-order valence-corrected chi connectivity index (χ0v) is 13.6. The summed E-state index contributed by atoms with van der Waals surface area (Å²) in [4.78, 5) is 14.2. The first-order chi connectivity index (χ1) is 11.4. The van der Waals surface area contributed by atoms with E-state index in [4.69, 9.17) is 14.2 Å². The van der Waals surface area contributed by atoms with Crippen molar-refractivity contribution in [3.05, 3.63) is 35.9 Å². The highest BCUT2D eigenvalue weighted by Crippen LogP contribution is 2.48. The normalized spacial score (nSPS) is 41.0. The average Bonchev–Trinajstić information content (AvgIpc) is 2.96. The van der Waals surface area contributed by atoms with E-state index < -0.39 is 35.7 Å². The molecular weight excluding hydrogens is 314 g/mol. The molecule has 0 saturated carbocycles. The Morgan fingerprint density at radius 3 is 2.58 bits per heavy atom. The van der Waals surface area contributed by atoms with E-state index in [9.17, 15) is 15.0 Å². The minimum atomic E-state index is -1.55. The van der Waals surface area contributed by atoms with Crippen molar-refractivity contribution in [1.82, 2.24) is 4.90 Å². The van der Waals surface area contributed by atoms with Crippen molar-refractivity contribution in [3.63, 3.8) is 0 Å². The zero-order chi connectivity index (χ0) is 17.1. The van der Waals surface area contributed by atoms with Crippen LogP contribution >= 0.6 is 0 Å². The molecule has 1 amide bonds. The molecular formula is C17H21NO6. The van der Waals surface area contributed by atoms with Crippen LogP contribution in [0.3, 0.4) is 0 Å². The maximum Gasteiger partial charge on any atom is 0.257 e. The number of amides is 1. The second-order valence-corrected chi connectivity index (χ2v) is 6.95. The molecule has 3 heterocycles. The van der Waals surface area contributed by atoms with E-state index in [1.807, 2.05) is 30.3 Å². The van der Waals surface area contributed by atoms with Crippen LogP contribution in [0, 0.1) is 0 Å². The Balaban J connectivity index is 1.77. The van der Waals surface area contributed by atoms with Crippen LogP contribution in [0.2, 0.25) is 0 Å². The second kappa shape index (κ2) is 5.24. The topological polar surface area (TPSA) is 88.5 Å². The summed E-state index contributed by atoms with van der Waals surface area (Å²) in [7, 11) is 0. The number of aliphatic hydroxyl groups is 2. The van der Waals surface area contributed by atoms with Crippen LogP contribution in [0.25, 0.3) is 0 Å². The summed E-state index contributed by atoms with van der Waals surface area (Å²) in [6.07, 6.45) is -3.81. The largest absolute Gasteiger partial charge is 0.387 e. The maximum atomic E-state index is 12.7. The monoisotopic (exact) mass is 335 g/mol. The van der Waals surface area contributed by atoms with Gasteiger partial charge in [-0.2, -0.15) is 0 Å². The fourth-order valence-corrected chi connectivity index (χ4v) is 3.80. The van der Waals surface area contributed by atoms with E-state index in [2.05, 4.69) is 0 Å². The lowest BCUT2D eigenvalue weighted by Gasteiger charge is -2.55. The van der Waals surface area contributed by atoms with Gasteiger partial charge < -0.3 is 24.4 Å². The molecule has 7 nitrogen and oxygen atoms in total. The molecule has 1 aromatic carbocycles. The number of aliphatic hydroxyl groups excluding tert-OH is 2. The van der Waals surface area contributed by atoms with E-state index in [1.54, 1.807) is 13.8 Å². The Morgan fingerprint density at radius 2 is 1.88 bits per heavy atom. The van der Waals surface area contributed by atoms with E-state index in [0.29, 0.717) is 0 Å². The predicted octanol–water partition coefficient (Wildman–Crippen LogP) is 0.170. The fourth-order valence-electron chi connectivity index (χ4n) is 3.80. The van der Waals surface area contributed by atoms with Crippen LogP contribution in [0.15, 0.2) is 30.3 Å². The van der Waals surface area contributed by atoms with Gasteiger partial charge in [0, 0.05) is 0 Å². The molecule has 3 saturated heterocycles. The molecule has 7 heteroatoms. The Labute approximate surface area is 139 Å². The SMILES string of the molecule is CC1(C)OC[C@@]23OC[C@@H](c4ccccc4)N2C(=O)[C@H](O)[C@H](O)[C@H]3O1. The molecule has 2 N–H and O–H groups in total. The lowest BCUT2D eigenvalue weighted by atomic mass is 9.87. The Bertz CT molecular complexity index is 650. The first-order valence-corrected chi connectivity index (χ1v) is 8.06. The maximum absolute atomic E-state index is 12.7. The van der Waals surface area contributed by atoms with Gasteiger partial charge >= 0.3 is 0 Å². The molecule has 0 unspecified atom stereocenters. The van der Waals surface area contributed by atoms with Gasteiger partial charge in [0.05, 0.1) is 12.6 Å². The van der Waals surface area contributed by atoms with Gasteiger partial charge in [0.15, 0.2) is 17.6 Å². The lowest BCUT2D eigenvalue weighted by molar-refractivity contribution is -0.379. The number of benzene rings is 1.